The lowest BCUT2D eigenvalue weighted by atomic mass is 10.1. The van der Waals surface area contributed by atoms with E-state index in [0.717, 1.165) is 50.9 Å². The van der Waals surface area contributed by atoms with Crippen LogP contribution in [0.3, 0.4) is 0 Å². The van der Waals surface area contributed by atoms with Crippen molar-refractivity contribution in [3.05, 3.63) is 35.9 Å². The predicted octanol–water partition coefficient (Wildman–Crippen LogP) is 2.22. The average molecular weight is 313 g/mol. The normalized spacial score (nSPS) is 21.7. The molecule has 1 aromatic rings. The Balaban J connectivity index is 1.41. The Morgan fingerprint density at radius 3 is 2.70 bits per heavy atom. The summed E-state index contributed by atoms with van der Waals surface area (Å²) in [6.07, 6.45) is 4.52. The summed E-state index contributed by atoms with van der Waals surface area (Å²) in [5.74, 6) is 5.57. The zero-order chi connectivity index (χ0) is 15.9. The number of likely N-dealkylation sites (tertiary alicyclic amines) is 1. The number of carbonyl (C=O) groups excluding carboxylic acids is 1. The van der Waals surface area contributed by atoms with Gasteiger partial charge in [0.25, 0.3) is 5.91 Å². The van der Waals surface area contributed by atoms with E-state index >= 15 is 0 Å². The molecule has 1 unspecified atom stereocenters. The van der Waals surface area contributed by atoms with Crippen LogP contribution in [0.4, 0.5) is 0 Å². The molecule has 0 aliphatic carbocycles. The minimum Gasteiger partial charge on any atom is -0.376 e. The van der Waals surface area contributed by atoms with Crippen LogP contribution < -0.4 is 0 Å². The number of piperidine rings is 1. The Kier molecular flexibility index (Phi) is 5.68. The van der Waals surface area contributed by atoms with Gasteiger partial charge in [0.15, 0.2) is 0 Å². The largest absolute Gasteiger partial charge is 0.376 e. The molecule has 0 bridgehead atoms. The number of ether oxygens (including phenoxy) is 2. The molecular weight excluding hydrogens is 290 g/mol. The number of carbonyl (C=O) groups is 1. The first kappa shape index (κ1) is 16.0. The number of rotatable bonds is 3. The number of nitrogens with zero attached hydrogens (tertiary/aromatic N) is 1. The van der Waals surface area contributed by atoms with Gasteiger partial charge in [-0.05, 0) is 37.8 Å². The molecule has 122 valence electrons. The van der Waals surface area contributed by atoms with Gasteiger partial charge in [-0.1, -0.05) is 24.1 Å². The van der Waals surface area contributed by atoms with E-state index in [2.05, 4.69) is 11.8 Å². The molecule has 2 saturated heterocycles. The molecule has 0 radical (unpaired) electrons. The van der Waals surface area contributed by atoms with E-state index < -0.39 is 0 Å². The summed E-state index contributed by atoms with van der Waals surface area (Å²) in [6.45, 7) is 2.99. The SMILES string of the molecule is O=C(C#Cc1ccccc1)N1CCC(OCC2CCCO2)CC1. The molecule has 1 amide bonds. The van der Waals surface area contributed by atoms with E-state index in [1.807, 2.05) is 35.2 Å². The fourth-order valence-electron chi connectivity index (χ4n) is 2.97. The molecule has 2 aliphatic heterocycles. The first-order valence-electron chi connectivity index (χ1n) is 8.40. The third-order valence-corrected chi connectivity index (χ3v) is 4.36. The van der Waals surface area contributed by atoms with E-state index in [4.69, 9.17) is 9.47 Å². The quantitative estimate of drug-likeness (QED) is 0.803. The van der Waals surface area contributed by atoms with Gasteiger partial charge in [-0.25, -0.2) is 0 Å². The third kappa shape index (κ3) is 4.82. The third-order valence-electron chi connectivity index (χ3n) is 4.36. The Morgan fingerprint density at radius 2 is 2.00 bits per heavy atom. The van der Waals surface area contributed by atoms with Gasteiger partial charge >= 0.3 is 0 Å². The highest BCUT2D eigenvalue weighted by Gasteiger charge is 2.24. The first-order valence-corrected chi connectivity index (χ1v) is 8.40. The summed E-state index contributed by atoms with van der Waals surface area (Å²) in [7, 11) is 0. The van der Waals surface area contributed by atoms with Crippen molar-refractivity contribution in [3.8, 4) is 11.8 Å². The topological polar surface area (TPSA) is 38.8 Å². The van der Waals surface area contributed by atoms with E-state index in [-0.39, 0.29) is 18.1 Å². The van der Waals surface area contributed by atoms with Gasteiger partial charge in [0, 0.05) is 31.2 Å². The van der Waals surface area contributed by atoms with Crippen LogP contribution in [-0.2, 0) is 14.3 Å². The van der Waals surface area contributed by atoms with Crippen molar-refractivity contribution in [2.75, 3.05) is 26.3 Å². The highest BCUT2D eigenvalue weighted by Crippen LogP contribution is 2.17. The molecule has 2 heterocycles. The molecule has 0 N–H and O–H groups in total. The van der Waals surface area contributed by atoms with Crippen LogP contribution in [0.2, 0.25) is 0 Å². The predicted molar refractivity (Wildman–Crippen MR) is 87.8 cm³/mol. The molecule has 0 aromatic heterocycles. The molecule has 1 atom stereocenters. The number of hydrogen-bond acceptors (Lipinski definition) is 3. The van der Waals surface area contributed by atoms with Crippen LogP contribution in [0, 0.1) is 11.8 Å². The van der Waals surface area contributed by atoms with Gasteiger partial charge in [0.1, 0.15) is 0 Å². The van der Waals surface area contributed by atoms with Crippen molar-refractivity contribution < 1.29 is 14.3 Å². The van der Waals surface area contributed by atoms with Gasteiger partial charge in [-0.15, -0.1) is 0 Å². The lowest BCUT2D eigenvalue weighted by molar-refractivity contribution is -0.128. The van der Waals surface area contributed by atoms with E-state index in [1.54, 1.807) is 0 Å². The molecule has 2 aliphatic rings. The lowest BCUT2D eigenvalue weighted by Crippen LogP contribution is -2.40. The second-order valence-electron chi connectivity index (χ2n) is 6.08. The highest BCUT2D eigenvalue weighted by molar-refractivity contribution is 5.94. The maximum atomic E-state index is 12.1. The Bertz CT molecular complexity index is 561. The monoisotopic (exact) mass is 313 g/mol. The van der Waals surface area contributed by atoms with Crippen LogP contribution in [0.25, 0.3) is 0 Å². The Morgan fingerprint density at radius 1 is 1.22 bits per heavy atom. The smallest absolute Gasteiger partial charge is 0.298 e. The number of benzene rings is 1. The van der Waals surface area contributed by atoms with E-state index in [0.29, 0.717) is 6.61 Å². The van der Waals surface area contributed by atoms with Crippen molar-refractivity contribution >= 4 is 5.91 Å². The summed E-state index contributed by atoms with van der Waals surface area (Å²) in [6, 6.07) is 9.60. The molecule has 4 heteroatoms. The van der Waals surface area contributed by atoms with E-state index in [1.165, 1.54) is 0 Å². The summed E-state index contributed by atoms with van der Waals surface area (Å²) >= 11 is 0. The van der Waals surface area contributed by atoms with Crippen molar-refractivity contribution in [1.82, 2.24) is 4.90 Å². The first-order chi connectivity index (χ1) is 11.3. The molecule has 0 saturated carbocycles. The van der Waals surface area contributed by atoms with Crippen LogP contribution in [0.15, 0.2) is 30.3 Å². The Labute approximate surface area is 137 Å². The summed E-state index contributed by atoms with van der Waals surface area (Å²) in [5, 5.41) is 0. The van der Waals surface area contributed by atoms with Crippen molar-refractivity contribution in [1.29, 1.82) is 0 Å². The molecule has 3 rings (SSSR count). The lowest BCUT2D eigenvalue weighted by Gasteiger charge is -2.31. The van der Waals surface area contributed by atoms with Crippen molar-refractivity contribution in [2.24, 2.45) is 0 Å². The molecule has 0 spiro atoms. The average Bonchev–Trinajstić information content (AvgIpc) is 3.13. The van der Waals surface area contributed by atoms with Crippen molar-refractivity contribution in [3.63, 3.8) is 0 Å². The molecular formula is C19H23NO3. The van der Waals surface area contributed by atoms with Gasteiger partial charge in [0.2, 0.25) is 0 Å². The van der Waals surface area contributed by atoms with Crippen LogP contribution in [0.5, 0.6) is 0 Å². The van der Waals surface area contributed by atoms with Gasteiger partial charge in [0.05, 0.1) is 18.8 Å². The summed E-state index contributed by atoms with van der Waals surface area (Å²) in [5.41, 5.74) is 0.871. The maximum absolute atomic E-state index is 12.1. The Hall–Kier alpha value is -1.83. The molecule has 23 heavy (non-hydrogen) atoms. The van der Waals surface area contributed by atoms with Crippen molar-refractivity contribution in [2.45, 2.75) is 37.9 Å². The van der Waals surface area contributed by atoms with Crippen LogP contribution in [-0.4, -0.2) is 49.3 Å². The fraction of sp³-hybridized carbons (Fsp3) is 0.526. The second kappa shape index (κ2) is 8.14. The number of amides is 1. The van der Waals surface area contributed by atoms with Crippen LogP contribution in [0.1, 0.15) is 31.2 Å². The highest BCUT2D eigenvalue weighted by atomic mass is 16.5. The number of hydrogen-bond donors (Lipinski definition) is 0. The molecule has 4 nitrogen and oxygen atoms in total. The molecule has 2 fully saturated rings. The zero-order valence-corrected chi connectivity index (χ0v) is 13.4. The standard InChI is InChI=1S/C19H23NO3/c21-19(9-8-16-5-2-1-3-6-16)20-12-10-17(11-13-20)23-15-18-7-4-14-22-18/h1-3,5-6,17-18H,4,7,10-15H2. The van der Waals surface area contributed by atoms with Gasteiger partial charge < -0.3 is 14.4 Å². The fourth-order valence-corrected chi connectivity index (χ4v) is 2.97. The molecule has 1 aromatic carbocycles. The maximum Gasteiger partial charge on any atom is 0.298 e. The van der Waals surface area contributed by atoms with Crippen LogP contribution >= 0.6 is 0 Å². The van der Waals surface area contributed by atoms with Gasteiger partial charge in [-0.2, -0.15) is 0 Å². The summed E-state index contributed by atoms with van der Waals surface area (Å²) in [4.78, 5) is 14.0. The van der Waals surface area contributed by atoms with E-state index in [9.17, 15) is 4.79 Å². The van der Waals surface area contributed by atoms with Gasteiger partial charge in [-0.3, -0.25) is 4.79 Å². The summed E-state index contributed by atoms with van der Waals surface area (Å²) < 4.78 is 11.5. The minimum atomic E-state index is -0.0913. The zero-order valence-electron chi connectivity index (χ0n) is 13.4. The minimum absolute atomic E-state index is 0.0913. The second-order valence-corrected chi connectivity index (χ2v) is 6.08.